The van der Waals surface area contributed by atoms with Gasteiger partial charge in [0.2, 0.25) is 15.2 Å². The molecule has 0 spiro atoms. The number of thiazole rings is 1. The van der Waals surface area contributed by atoms with Gasteiger partial charge < -0.3 is 4.74 Å². The quantitative estimate of drug-likeness (QED) is 0.103. The second-order valence-corrected chi connectivity index (χ2v) is 14.3. The van der Waals surface area contributed by atoms with Crippen LogP contribution in [0.25, 0.3) is 10.2 Å². The molecule has 0 radical (unpaired) electrons. The van der Waals surface area contributed by atoms with Gasteiger partial charge in [0, 0.05) is 24.7 Å². The van der Waals surface area contributed by atoms with Crippen LogP contribution in [0.4, 0.5) is 10.1 Å². The molecule has 2 aromatic carbocycles. The summed E-state index contributed by atoms with van der Waals surface area (Å²) < 4.78 is 34.4. The van der Waals surface area contributed by atoms with E-state index in [2.05, 4.69) is 10.1 Å². The number of sulfonamides is 1. The molecule has 4 rings (SSSR count). The minimum Gasteiger partial charge on any atom is -0.497 e. The molecule has 0 saturated heterocycles. The Morgan fingerprint density at radius 3 is 2.29 bits per heavy atom. The molecular formula is C28H31N5O6S3. The standard InChI is InChI=1S/C28H31N5O6S3/c1-18(2)16-31(17-19(3)4)42(37,38)23-10-6-20(7-11-23)27(34)32(29-15-22-9-13-26(40-22)33(35)36)28-30-24-12-8-21(39-5)14-25(24)41-28/h6-15,18-19H,16-17H2,1-5H3/b29-15+. The molecule has 0 N–H and O–H groups in total. The Balaban J connectivity index is 1.69. The van der Waals surface area contributed by atoms with Crippen molar-refractivity contribution in [1.82, 2.24) is 9.29 Å². The number of fused-ring (bicyclic) bond motifs is 1. The lowest BCUT2D eigenvalue weighted by atomic mass is 10.2. The molecule has 0 bridgehead atoms. The number of nitro groups is 1. The smallest absolute Gasteiger partial charge is 0.324 e. The van der Waals surface area contributed by atoms with Gasteiger partial charge in [0.05, 0.1) is 38.2 Å². The molecule has 0 atom stereocenters. The Hall–Kier alpha value is -3.72. The van der Waals surface area contributed by atoms with E-state index in [1.54, 1.807) is 25.3 Å². The predicted molar refractivity (Wildman–Crippen MR) is 166 cm³/mol. The number of carbonyl (C=O) groups excluding carboxylic acids is 1. The molecule has 0 unspecified atom stereocenters. The van der Waals surface area contributed by atoms with Gasteiger partial charge in [-0.05, 0) is 60.4 Å². The summed E-state index contributed by atoms with van der Waals surface area (Å²) in [6.07, 6.45) is 1.36. The number of ether oxygens (including phenoxy) is 1. The zero-order valence-electron chi connectivity index (χ0n) is 23.8. The topological polar surface area (TPSA) is 135 Å². The molecule has 0 aliphatic heterocycles. The summed E-state index contributed by atoms with van der Waals surface area (Å²) >= 11 is 2.14. The van der Waals surface area contributed by atoms with Crippen LogP contribution in [0.15, 0.2) is 64.6 Å². The normalized spacial score (nSPS) is 12.2. The summed E-state index contributed by atoms with van der Waals surface area (Å²) in [6.45, 7) is 8.62. The van der Waals surface area contributed by atoms with Crippen LogP contribution in [0, 0.1) is 22.0 Å². The van der Waals surface area contributed by atoms with Gasteiger partial charge in [-0.25, -0.2) is 13.4 Å². The first-order valence-corrected chi connectivity index (χ1v) is 16.1. The van der Waals surface area contributed by atoms with E-state index in [1.165, 1.54) is 58.3 Å². The average molecular weight is 630 g/mol. The lowest BCUT2D eigenvalue weighted by Crippen LogP contribution is -2.37. The lowest BCUT2D eigenvalue weighted by molar-refractivity contribution is -0.380. The molecule has 14 heteroatoms. The van der Waals surface area contributed by atoms with Crippen LogP contribution >= 0.6 is 22.7 Å². The van der Waals surface area contributed by atoms with E-state index < -0.39 is 20.9 Å². The fraction of sp³-hybridized carbons (Fsp3) is 0.321. The average Bonchev–Trinajstić information content (AvgIpc) is 3.59. The van der Waals surface area contributed by atoms with Crippen molar-refractivity contribution >= 4 is 65.2 Å². The zero-order valence-corrected chi connectivity index (χ0v) is 26.2. The van der Waals surface area contributed by atoms with Crippen molar-refractivity contribution in [1.29, 1.82) is 0 Å². The van der Waals surface area contributed by atoms with Gasteiger partial charge in [-0.3, -0.25) is 14.9 Å². The molecule has 42 heavy (non-hydrogen) atoms. The van der Waals surface area contributed by atoms with Crippen molar-refractivity contribution < 1.29 is 22.9 Å². The molecule has 4 aromatic rings. The van der Waals surface area contributed by atoms with E-state index in [0.29, 0.717) is 29.2 Å². The van der Waals surface area contributed by atoms with Gasteiger partial charge >= 0.3 is 5.00 Å². The van der Waals surface area contributed by atoms with Crippen LogP contribution in [0.5, 0.6) is 5.75 Å². The number of methoxy groups -OCH3 is 1. The van der Waals surface area contributed by atoms with E-state index >= 15 is 0 Å². The van der Waals surface area contributed by atoms with Gasteiger partial charge in [0.15, 0.2) is 0 Å². The van der Waals surface area contributed by atoms with Crippen molar-refractivity contribution in [2.45, 2.75) is 32.6 Å². The highest BCUT2D eigenvalue weighted by atomic mass is 32.2. The maximum atomic E-state index is 13.8. The first-order valence-electron chi connectivity index (χ1n) is 13.1. The van der Waals surface area contributed by atoms with Crippen molar-refractivity contribution in [3.8, 4) is 5.75 Å². The number of nitrogens with zero attached hydrogens (tertiary/aromatic N) is 5. The molecule has 0 fully saturated rings. The zero-order chi connectivity index (χ0) is 30.6. The lowest BCUT2D eigenvalue weighted by Gasteiger charge is -2.25. The van der Waals surface area contributed by atoms with Crippen LogP contribution in [-0.4, -0.2) is 55.0 Å². The second kappa shape index (κ2) is 13.1. The van der Waals surface area contributed by atoms with Crippen LogP contribution < -0.4 is 9.75 Å². The summed E-state index contributed by atoms with van der Waals surface area (Å²) in [5.41, 5.74) is 0.826. The maximum absolute atomic E-state index is 13.8. The van der Waals surface area contributed by atoms with Crippen LogP contribution in [0.3, 0.4) is 0 Å². The van der Waals surface area contributed by atoms with Crippen molar-refractivity contribution in [2.75, 3.05) is 25.2 Å². The number of carbonyl (C=O) groups is 1. The molecule has 2 aromatic heterocycles. The molecule has 1 amide bonds. The van der Waals surface area contributed by atoms with E-state index in [9.17, 15) is 23.3 Å². The van der Waals surface area contributed by atoms with Gasteiger partial charge in [-0.1, -0.05) is 50.4 Å². The Morgan fingerprint density at radius 1 is 1.05 bits per heavy atom. The van der Waals surface area contributed by atoms with E-state index in [-0.39, 0.29) is 32.4 Å². The fourth-order valence-electron chi connectivity index (χ4n) is 4.05. The Labute approximate surface area is 252 Å². The van der Waals surface area contributed by atoms with Gasteiger partial charge in [-0.2, -0.15) is 14.4 Å². The summed E-state index contributed by atoms with van der Waals surface area (Å²) in [5.74, 6) is 0.368. The number of aromatic nitrogens is 1. The van der Waals surface area contributed by atoms with Crippen molar-refractivity contribution in [3.05, 3.63) is 75.2 Å². The Morgan fingerprint density at radius 2 is 1.71 bits per heavy atom. The number of hydrazone groups is 1. The molecule has 0 aliphatic carbocycles. The SMILES string of the molecule is COc1ccc2nc(N(/N=C/c3ccc([N+](=O)[O-])s3)C(=O)c3ccc(S(=O)(=O)N(CC(C)C)CC(C)C)cc3)sc2c1. The van der Waals surface area contributed by atoms with Gasteiger partial charge in [-0.15, -0.1) is 0 Å². The Kier molecular flexibility index (Phi) is 9.71. The monoisotopic (exact) mass is 629 g/mol. The molecule has 0 saturated carbocycles. The van der Waals surface area contributed by atoms with E-state index in [1.807, 2.05) is 27.7 Å². The Bertz CT molecular complexity index is 1700. The van der Waals surface area contributed by atoms with Gasteiger partial charge in [0.1, 0.15) is 5.75 Å². The minimum absolute atomic E-state index is 0.0535. The molecular weight excluding hydrogens is 599 g/mol. The molecule has 11 nitrogen and oxygen atoms in total. The number of rotatable bonds is 12. The maximum Gasteiger partial charge on any atom is 0.324 e. The second-order valence-electron chi connectivity index (χ2n) is 10.3. The predicted octanol–water partition coefficient (Wildman–Crippen LogP) is 6.26. The molecule has 2 heterocycles. The fourth-order valence-corrected chi connectivity index (χ4v) is 7.46. The minimum atomic E-state index is -3.78. The highest BCUT2D eigenvalue weighted by Gasteiger charge is 2.27. The summed E-state index contributed by atoms with van der Waals surface area (Å²) in [4.78, 5) is 29.5. The van der Waals surface area contributed by atoms with Crippen LogP contribution in [0.2, 0.25) is 0 Å². The largest absolute Gasteiger partial charge is 0.497 e. The molecule has 222 valence electrons. The van der Waals surface area contributed by atoms with Crippen LogP contribution in [-0.2, 0) is 10.0 Å². The van der Waals surface area contributed by atoms with Crippen LogP contribution in [0.1, 0.15) is 42.9 Å². The third-order valence-electron chi connectivity index (χ3n) is 5.93. The number of anilines is 1. The number of thiophene rings is 1. The number of hydrogen-bond donors (Lipinski definition) is 0. The van der Waals surface area contributed by atoms with Gasteiger partial charge in [0.25, 0.3) is 5.91 Å². The third kappa shape index (κ3) is 7.18. The summed E-state index contributed by atoms with van der Waals surface area (Å²) in [6, 6.07) is 14.0. The highest BCUT2D eigenvalue weighted by Crippen LogP contribution is 2.33. The van der Waals surface area contributed by atoms with E-state index in [4.69, 9.17) is 4.74 Å². The summed E-state index contributed by atoms with van der Waals surface area (Å²) in [5, 5.41) is 16.8. The third-order valence-corrected chi connectivity index (χ3v) is 9.74. The first-order chi connectivity index (χ1) is 19.9. The molecule has 0 aliphatic rings. The van der Waals surface area contributed by atoms with Crippen molar-refractivity contribution in [3.63, 3.8) is 0 Å². The number of amides is 1. The number of hydrogen-bond acceptors (Lipinski definition) is 10. The summed E-state index contributed by atoms with van der Waals surface area (Å²) in [7, 11) is -2.22. The first kappa shape index (κ1) is 31.2. The number of benzene rings is 2. The van der Waals surface area contributed by atoms with Crippen molar-refractivity contribution in [2.24, 2.45) is 16.9 Å². The van der Waals surface area contributed by atoms with E-state index in [0.717, 1.165) is 21.0 Å². The highest BCUT2D eigenvalue weighted by molar-refractivity contribution is 7.89.